The highest BCUT2D eigenvalue weighted by atomic mass is 35.5. The van der Waals surface area contributed by atoms with Gasteiger partial charge in [0.05, 0.1) is 5.56 Å². The van der Waals surface area contributed by atoms with Gasteiger partial charge in [0.1, 0.15) is 5.82 Å². The van der Waals surface area contributed by atoms with Gasteiger partial charge >= 0.3 is 6.18 Å². The van der Waals surface area contributed by atoms with Crippen molar-refractivity contribution in [2.24, 2.45) is 11.5 Å². The summed E-state index contributed by atoms with van der Waals surface area (Å²) in [4.78, 5) is 0. The lowest BCUT2D eigenvalue weighted by Crippen LogP contribution is -2.17. The summed E-state index contributed by atoms with van der Waals surface area (Å²) in [6.45, 7) is 0.264. The van der Waals surface area contributed by atoms with Crippen LogP contribution in [0.25, 0.3) is 0 Å². The van der Waals surface area contributed by atoms with E-state index in [4.69, 9.17) is 11.5 Å². The van der Waals surface area contributed by atoms with E-state index < -0.39 is 23.6 Å². The molecule has 1 atom stereocenters. The number of hydrogen-bond donors (Lipinski definition) is 2. The maximum absolute atomic E-state index is 12.9. The molecule has 0 saturated heterocycles. The summed E-state index contributed by atoms with van der Waals surface area (Å²) >= 11 is 0. The molecule has 0 aliphatic rings. The van der Waals surface area contributed by atoms with Crippen LogP contribution in [-0.4, -0.2) is 6.54 Å². The van der Waals surface area contributed by atoms with Gasteiger partial charge in [-0.25, -0.2) is 4.39 Å². The Kier molecular flexibility index (Phi) is 5.87. The lowest BCUT2D eigenvalue weighted by molar-refractivity contribution is -0.140. The van der Waals surface area contributed by atoms with Crippen molar-refractivity contribution in [3.8, 4) is 0 Å². The Labute approximate surface area is 102 Å². The van der Waals surface area contributed by atoms with E-state index >= 15 is 0 Å². The highest BCUT2D eigenvalue weighted by Gasteiger charge is 2.34. The predicted octanol–water partition coefficient (Wildman–Crippen LogP) is 2.61. The second-order valence-electron chi connectivity index (χ2n) is 3.42. The molecule has 0 unspecified atom stereocenters. The maximum atomic E-state index is 12.9. The van der Waals surface area contributed by atoms with Gasteiger partial charge in [0.15, 0.2) is 0 Å². The van der Waals surface area contributed by atoms with E-state index in [0.29, 0.717) is 6.42 Å². The van der Waals surface area contributed by atoms with Gasteiger partial charge in [-0.1, -0.05) is 6.07 Å². The van der Waals surface area contributed by atoms with E-state index in [0.717, 1.165) is 12.1 Å². The zero-order valence-corrected chi connectivity index (χ0v) is 9.61. The Morgan fingerprint density at radius 3 is 2.29 bits per heavy atom. The van der Waals surface area contributed by atoms with Gasteiger partial charge in [-0.15, -0.1) is 12.4 Å². The first-order valence-electron chi connectivity index (χ1n) is 4.68. The van der Waals surface area contributed by atoms with Crippen molar-refractivity contribution in [3.63, 3.8) is 0 Å². The van der Waals surface area contributed by atoms with Crippen LogP contribution in [0.15, 0.2) is 18.2 Å². The summed E-state index contributed by atoms with van der Waals surface area (Å²) in [7, 11) is 0. The van der Waals surface area contributed by atoms with Crippen LogP contribution in [0.5, 0.6) is 0 Å². The zero-order valence-electron chi connectivity index (χ0n) is 8.80. The molecule has 0 amide bonds. The van der Waals surface area contributed by atoms with Gasteiger partial charge in [0.25, 0.3) is 0 Å². The largest absolute Gasteiger partial charge is 0.419 e. The van der Waals surface area contributed by atoms with Gasteiger partial charge in [-0.05, 0) is 30.7 Å². The van der Waals surface area contributed by atoms with Gasteiger partial charge in [0, 0.05) is 6.04 Å². The lowest BCUT2D eigenvalue weighted by Gasteiger charge is -2.14. The van der Waals surface area contributed by atoms with Crippen LogP contribution in [-0.2, 0) is 6.18 Å². The summed E-state index contributed by atoms with van der Waals surface area (Å²) in [6.07, 6.45) is -4.36. The second kappa shape index (κ2) is 6.18. The number of benzene rings is 1. The molecule has 7 heteroatoms. The Hall–Kier alpha value is -0.850. The SMILES string of the molecule is Cl.NCC[C@@H](N)c1ccc(F)c(C(F)(F)F)c1. The molecule has 0 aliphatic carbocycles. The molecule has 1 rings (SSSR count). The van der Waals surface area contributed by atoms with Crippen LogP contribution in [0.2, 0.25) is 0 Å². The van der Waals surface area contributed by atoms with E-state index in [1.807, 2.05) is 0 Å². The Morgan fingerprint density at radius 2 is 1.82 bits per heavy atom. The first kappa shape index (κ1) is 16.1. The average Bonchev–Trinajstić information content (AvgIpc) is 2.16. The highest BCUT2D eigenvalue weighted by Crippen LogP contribution is 2.32. The van der Waals surface area contributed by atoms with Crippen molar-refractivity contribution in [1.82, 2.24) is 0 Å². The summed E-state index contributed by atoms with van der Waals surface area (Å²) in [5.74, 6) is -1.30. The van der Waals surface area contributed by atoms with Gasteiger partial charge < -0.3 is 11.5 Å². The molecule has 0 fully saturated rings. The Morgan fingerprint density at radius 1 is 1.24 bits per heavy atom. The Balaban J connectivity index is 0.00000256. The van der Waals surface area contributed by atoms with Crippen LogP contribution in [0, 0.1) is 5.82 Å². The fourth-order valence-electron chi connectivity index (χ4n) is 1.34. The highest BCUT2D eigenvalue weighted by molar-refractivity contribution is 5.85. The van der Waals surface area contributed by atoms with Gasteiger partial charge in [0.2, 0.25) is 0 Å². The number of nitrogens with two attached hydrogens (primary N) is 2. The monoisotopic (exact) mass is 272 g/mol. The van der Waals surface area contributed by atoms with Crippen molar-refractivity contribution >= 4 is 12.4 Å². The number of alkyl halides is 3. The standard InChI is InChI=1S/C10H12F4N2.ClH/c11-8-2-1-6(9(16)3-4-15)5-7(8)10(12,13)14;/h1-2,5,9H,3-4,15-16H2;1H/t9-;/m1./s1. The second-order valence-corrected chi connectivity index (χ2v) is 3.42. The van der Waals surface area contributed by atoms with Crippen molar-refractivity contribution in [2.75, 3.05) is 6.54 Å². The number of halogens is 5. The molecule has 0 aromatic heterocycles. The van der Waals surface area contributed by atoms with Gasteiger partial charge in [-0.2, -0.15) is 13.2 Å². The third kappa shape index (κ3) is 4.14. The minimum atomic E-state index is -4.71. The smallest absolute Gasteiger partial charge is 0.330 e. The minimum absolute atomic E-state index is 0. The summed E-state index contributed by atoms with van der Waals surface area (Å²) < 4.78 is 50.0. The minimum Gasteiger partial charge on any atom is -0.330 e. The van der Waals surface area contributed by atoms with Crippen molar-refractivity contribution in [3.05, 3.63) is 35.1 Å². The van der Waals surface area contributed by atoms with E-state index in [1.165, 1.54) is 6.07 Å². The molecule has 0 spiro atoms. The molecule has 2 nitrogen and oxygen atoms in total. The van der Waals surface area contributed by atoms with E-state index in [1.54, 1.807) is 0 Å². The van der Waals surface area contributed by atoms with Crippen LogP contribution < -0.4 is 11.5 Å². The summed E-state index contributed by atoms with van der Waals surface area (Å²) in [6, 6.07) is 2.14. The van der Waals surface area contributed by atoms with E-state index in [9.17, 15) is 17.6 Å². The molecule has 1 aromatic rings. The molecular formula is C10H13ClF4N2. The van der Waals surface area contributed by atoms with E-state index in [2.05, 4.69) is 0 Å². The number of hydrogen-bond acceptors (Lipinski definition) is 2. The molecule has 4 N–H and O–H groups in total. The van der Waals surface area contributed by atoms with Gasteiger partial charge in [-0.3, -0.25) is 0 Å². The average molecular weight is 273 g/mol. The maximum Gasteiger partial charge on any atom is 0.419 e. The third-order valence-corrected chi connectivity index (χ3v) is 2.20. The fourth-order valence-corrected chi connectivity index (χ4v) is 1.34. The van der Waals surface area contributed by atoms with Crippen LogP contribution in [0.3, 0.4) is 0 Å². The molecule has 0 saturated carbocycles. The van der Waals surface area contributed by atoms with Crippen molar-refractivity contribution in [2.45, 2.75) is 18.6 Å². The third-order valence-electron chi connectivity index (χ3n) is 2.20. The predicted molar refractivity (Wildman–Crippen MR) is 59.2 cm³/mol. The molecule has 0 radical (unpaired) electrons. The molecule has 17 heavy (non-hydrogen) atoms. The van der Waals surface area contributed by atoms with Crippen LogP contribution in [0.1, 0.15) is 23.6 Å². The molecule has 98 valence electrons. The molecule has 0 bridgehead atoms. The molecular weight excluding hydrogens is 260 g/mol. The first-order valence-corrected chi connectivity index (χ1v) is 4.68. The topological polar surface area (TPSA) is 52.0 Å². The van der Waals surface area contributed by atoms with Crippen LogP contribution >= 0.6 is 12.4 Å². The van der Waals surface area contributed by atoms with Crippen molar-refractivity contribution in [1.29, 1.82) is 0 Å². The number of rotatable bonds is 3. The summed E-state index contributed by atoms with van der Waals surface area (Å²) in [5, 5.41) is 0. The quantitative estimate of drug-likeness (QED) is 0.831. The molecule has 1 aromatic carbocycles. The van der Waals surface area contributed by atoms with Crippen LogP contribution in [0.4, 0.5) is 17.6 Å². The molecule has 0 aliphatic heterocycles. The Bertz CT molecular complexity index is 368. The zero-order chi connectivity index (χ0) is 12.3. The lowest BCUT2D eigenvalue weighted by atomic mass is 10.0. The van der Waals surface area contributed by atoms with E-state index in [-0.39, 0.29) is 24.5 Å². The summed E-state index contributed by atoms with van der Waals surface area (Å²) in [5.41, 5.74) is 9.78. The van der Waals surface area contributed by atoms with Crippen molar-refractivity contribution < 1.29 is 17.6 Å². The molecule has 0 heterocycles. The first-order chi connectivity index (χ1) is 7.36. The fraction of sp³-hybridized carbons (Fsp3) is 0.400. The normalized spacial score (nSPS) is 13.1.